The van der Waals surface area contributed by atoms with Crippen LogP contribution in [0.5, 0.6) is 5.75 Å². The molecule has 28 heavy (non-hydrogen) atoms. The minimum absolute atomic E-state index is 0.313. The summed E-state index contributed by atoms with van der Waals surface area (Å²) in [6.07, 6.45) is 1.68. The molecule has 3 rings (SSSR count). The Bertz CT molecular complexity index is 983. The molecule has 1 heterocycles. The van der Waals surface area contributed by atoms with Gasteiger partial charge in [0.25, 0.3) is 0 Å². The van der Waals surface area contributed by atoms with Gasteiger partial charge in [-0.1, -0.05) is 18.2 Å². The van der Waals surface area contributed by atoms with Crippen molar-refractivity contribution in [1.29, 1.82) is 0 Å². The molecule has 0 amide bonds. The number of hydrazone groups is 1. The van der Waals surface area contributed by atoms with E-state index >= 15 is 0 Å². The van der Waals surface area contributed by atoms with Gasteiger partial charge in [-0.05, 0) is 69.4 Å². The molecule has 10 heteroatoms. The van der Waals surface area contributed by atoms with Gasteiger partial charge in [0, 0.05) is 21.9 Å². The van der Waals surface area contributed by atoms with E-state index in [9.17, 15) is 0 Å². The fourth-order valence-electron chi connectivity index (χ4n) is 2.30. The summed E-state index contributed by atoms with van der Waals surface area (Å²) in [6, 6.07) is 13.7. The molecule has 0 bridgehead atoms. The van der Waals surface area contributed by atoms with Gasteiger partial charge < -0.3 is 15.4 Å². The van der Waals surface area contributed by atoms with Crippen molar-refractivity contribution >= 4 is 74.9 Å². The van der Waals surface area contributed by atoms with Crippen LogP contribution in [-0.4, -0.2) is 35.3 Å². The van der Waals surface area contributed by atoms with Gasteiger partial charge >= 0.3 is 0 Å². The smallest absolute Gasteiger partial charge is 0.250 e. The number of hydrogen-bond donors (Lipinski definition) is 3. The summed E-state index contributed by atoms with van der Waals surface area (Å²) in [5.74, 6) is 1.91. The fraction of sp³-hybridized carbons (Fsp3) is 0.111. The van der Waals surface area contributed by atoms with Crippen molar-refractivity contribution in [2.75, 3.05) is 30.2 Å². The summed E-state index contributed by atoms with van der Waals surface area (Å²) < 4.78 is 7.57. The number of aromatic nitrogens is 3. The molecule has 0 aliphatic carbocycles. The van der Waals surface area contributed by atoms with Gasteiger partial charge in [-0.2, -0.15) is 20.1 Å². The van der Waals surface area contributed by atoms with E-state index in [4.69, 9.17) is 4.74 Å². The van der Waals surface area contributed by atoms with Crippen LogP contribution in [0.1, 0.15) is 5.56 Å². The van der Waals surface area contributed by atoms with E-state index in [-0.39, 0.29) is 0 Å². The van der Waals surface area contributed by atoms with Crippen LogP contribution in [0.15, 0.2) is 47.6 Å². The molecule has 3 aromatic rings. The number of ether oxygens (including phenoxy) is 1. The van der Waals surface area contributed by atoms with Gasteiger partial charge in [0.05, 0.1) is 16.9 Å². The highest BCUT2D eigenvalue weighted by Crippen LogP contribution is 2.27. The summed E-state index contributed by atoms with van der Waals surface area (Å²) in [6.45, 7) is 0. The van der Waals surface area contributed by atoms with Crippen LogP contribution in [0.2, 0.25) is 0 Å². The largest absolute Gasteiger partial charge is 0.495 e. The molecular formula is C18H17I2N7O. The van der Waals surface area contributed by atoms with Crippen LogP contribution in [0.25, 0.3) is 0 Å². The molecule has 0 aliphatic rings. The van der Waals surface area contributed by atoms with Gasteiger partial charge in [-0.15, -0.1) is 0 Å². The van der Waals surface area contributed by atoms with Crippen LogP contribution in [0.4, 0.5) is 23.5 Å². The molecule has 0 saturated carbocycles. The Balaban J connectivity index is 1.81. The lowest BCUT2D eigenvalue weighted by atomic mass is 10.2. The maximum absolute atomic E-state index is 5.46. The van der Waals surface area contributed by atoms with Gasteiger partial charge in [0.1, 0.15) is 5.75 Å². The third-order valence-electron chi connectivity index (χ3n) is 3.50. The highest BCUT2D eigenvalue weighted by Gasteiger charge is 2.08. The van der Waals surface area contributed by atoms with Crippen molar-refractivity contribution in [2.45, 2.75) is 0 Å². The lowest BCUT2D eigenvalue weighted by Crippen LogP contribution is -2.07. The Hall–Kier alpha value is -2.22. The SMILES string of the molecule is CNc1nc(N/N=C/c2cc(I)cc(I)c2OC)nc(Nc2ccccc2)n1. The number of nitrogens with zero attached hydrogens (tertiary/aromatic N) is 4. The first-order valence-corrected chi connectivity index (χ1v) is 10.3. The number of rotatable bonds is 7. The van der Waals surface area contributed by atoms with E-state index in [2.05, 4.69) is 81.3 Å². The van der Waals surface area contributed by atoms with Crippen molar-refractivity contribution in [3.05, 3.63) is 55.2 Å². The second-order valence-electron chi connectivity index (χ2n) is 5.43. The normalized spacial score (nSPS) is 10.7. The Morgan fingerprint density at radius 2 is 1.71 bits per heavy atom. The molecule has 0 aliphatic heterocycles. The average Bonchev–Trinajstić information content (AvgIpc) is 2.68. The Labute approximate surface area is 189 Å². The van der Waals surface area contributed by atoms with Crippen LogP contribution in [0, 0.1) is 7.14 Å². The Kier molecular flexibility index (Phi) is 7.19. The van der Waals surface area contributed by atoms with Crippen LogP contribution < -0.4 is 20.8 Å². The maximum Gasteiger partial charge on any atom is 0.250 e. The molecule has 8 nitrogen and oxygen atoms in total. The minimum atomic E-state index is 0.313. The standard InChI is InChI=1S/C18H17I2N7O/c1-21-16-24-17(23-13-6-4-3-5-7-13)26-18(25-16)27-22-10-11-8-12(19)9-14(20)15(11)28-2/h3-10H,1-2H3,(H3,21,23,24,25,26,27)/b22-10+. The number of methoxy groups -OCH3 is 1. The Morgan fingerprint density at radius 3 is 2.43 bits per heavy atom. The van der Waals surface area contributed by atoms with Crippen molar-refractivity contribution in [2.24, 2.45) is 5.10 Å². The summed E-state index contributed by atoms with van der Waals surface area (Å²) >= 11 is 4.50. The lowest BCUT2D eigenvalue weighted by molar-refractivity contribution is 0.411. The highest BCUT2D eigenvalue weighted by atomic mass is 127. The molecular weight excluding hydrogens is 584 g/mol. The molecule has 0 spiro atoms. The summed E-state index contributed by atoms with van der Waals surface area (Å²) in [5, 5.41) is 10.3. The van der Waals surface area contributed by atoms with Crippen molar-refractivity contribution in [3.8, 4) is 5.75 Å². The van der Waals surface area contributed by atoms with Gasteiger partial charge in [-0.25, -0.2) is 5.43 Å². The zero-order chi connectivity index (χ0) is 19.9. The second kappa shape index (κ2) is 9.82. The average molecular weight is 601 g/mol. The highest BCUT2D eigenvalue weighted by molar-refractivity contribution is 14.1. The van der Waals surface area contributed by atoms with Gasteiger partial charge in [-0.3, -0.25) is 0 Å². The molecule has 0 unspecified atom stereocenters. The van der Waals surface area contributed by atoms with Crippen molar-refractivity contribution in [3.63, 3.8) is 0 Å². The number of hydrogen-bond acceptors (Lipinski definition) is 8. The first-order valence-electron chi connectivity index (χ1n) is 8.17. The monoisotopic (exact) mass is 601 g/mol. The van der Waals surface area contributed by atoms with E-state index in [1.807, 2.05) is 42.5 Å². The van der Waals surface area contributed by atoms with Crippen LogP contribution >= 0.6 is 45.2 Å². The molecule has 1 aromatic heterocycles. The molecule has 144 valence electrons. The molecule has 0 radical (unpaired) electrons. The lowest BCUT2D eigenvalue weighted by Gasteiger charge is -2.09. The summed E-state index contributed by atoms with van der Waals surface area (Å²) in [5.41, 5.74) is 4.59. The third kappa shape index (κ3) is 5.41. The van der Waals surface area contributed by atoms with E-state index in [0.717, 1.165) is 24.1 Å². The quantitative estimate of drug-likeness (QED) is 0.211. The molecule has 0 saturated heterocycles. The molecule has 0 fully saturated rings. The number of nitrogens with one attached hydrogen (secondary N) is 3. The first kappa shape index (κ1) is 20.5. The zero-order valence-electron chi connectivity index (χ0n) is 15.1. The topological polar surface area (TPSA) is 96.4 Å². The van der Waals surface area contributed by atoms with Crippen molar-refractivity contribution in [1.82, 2.24) is 15.0 Å². The predicted octanol–water partition coefficient (Wildman–Crippen LogP) is 4.32. The van der Waals surface area contributed by atoms with Gasteiger partial charge in [0.15, 0.2) is 0 Å². The second-order valence-corrected chi connectivity index (χ2v) is 7.84. The van der Waals surface area contributed by atoms with Crippen molar-refractivity contribution < 1.29 is 4.74 Å². The molecule has 3 N–H and O–H groups in total. The summed E-state index contributed by atoms with van der Waals surface area (Å²) in [4.78, 5) is 12.9. The molecule has 2 aromatic carbocycles. The first-order chi connectivity index (χ1) is 13.6. The number of para-hydroxylation sites is 1. The van der Waals surface area contributed by atoms with E-state index in [1.165, 1.54) is 0 Å². The zero-order valence-corrected chi connectivity index (χ0v) is 19.4. The number of halogens is 2. The summed E-state index contributed by atoms with van der Waals surface area (Å²) in [7, 11) is 3.38. The fourth-order valence-corrected chi connectivity index (χ4v) is 4.41. The minimum Gasteiger partial charge on any atom is -0.495 e. The van der Waals surface area contributed by atoms with Crippen LogP contribution in [-0.2, 0) is 0 Å². The number of anilines is 4. The maximum atomic E-state index is 5.46. The Morgan fingerprint density at radius 1 is 1.00 bits per heavy atom. The van der Waals surface area contributed by atoms with E-state index < -0.39 is 0 Å². The van der Waals surface area contributed by atoms with Crippen LogP contribution in [0.3, 0.4) is 0 Å². The van der Waals surface area contributed by atoms with E-state index in [1.54, 1.807) is 20.4 Å². The molecule has 0 atom stereocenters. The number of benzene rings is 2. The van der Waals surface area contributed by atoms with Gasteiger partial charge in [0.2, 0.25) is 17.8 Å². The van der Waals surface area contributed by atoms with E-state index in [0.29, 0.717) is 17.8 Å². The third-order valence-corrected chi connectivity index (χ3v) is 4.92. The predicted molar refractivity (Wildman–Crippen MR) is 129 cm³/mol.